The van der Waals surface area contributed by atoms with E-state index in [1.165, 1.54) is 21.5 Å². The van der Waals surface area contributed by atoms with Crippen LogP contribution in [0.25, 0.3) is 33.7 Å². The van der Waals surface area contributed by atoms with E-state index in [1.54, 1.807) is 0 Å². The van der Waals surface area contributed by atoms with E-state index in [0.717, 1.165) is 28.2 Å². The molecule has 0 saturated carbocycles. The Balaban J connectivity index is 0.00000337. The first-order valence-corrected chi connectivity index (χ1v) is 14.1. The fraction of sp³-hybridized carbons (Fsp3) is 0.114. The van der Waals surface area contributed by atoms with Crippen LogP contribution in [0.15, 0.2) is 109 Å². The summed E-state index contributed by atoms with van der Waals surface area (Å²) in [4.78, 5) is 2.10. The molecule has 0 aliphatic rings. The lowest BCUT2D eigenvalue weighted by Gasteiger charge is -2.11. The lowest BCUT2D eigenvalue weighted by molar-refractivity contribution is -0.687. The van der Waals surface area contributed by atoms with Crippen molar-refractivity contribution in [2.45, 2.75) is 13.1 Å². The molecule has 0 spiro atoms. The second-order valence-corrected chi connectivity index (χ2v) is 11.0. The fourth-order valence-electron chi connectivity index (χ4n) is 5.14. The van der Waals surface area contributed by atoms with Crippen LogP contribution in [0.3, 0.4) is 0 Å². The van der Waals surface area contributed by atoms with Gasteiger partial charge in [-0.25, -0.2) is 9.13 Å². The largest absolute Gasteiger partial charge is 1.00 e. The highest BCUT2D eigenvalue weighted by Crippen LogP contribution is 2.27. The molecule has 6 heteroatoms. The normalized spacial score (nSPS) is 11.3. The summed E-state index contributed by atoms with van der Waals surface area (Å²) in [5, 5.41) is 5.90. The second-order valence-electron chi connectivity index (χ2n) is 10.3. The summed E-state index contributed by atoms with van der Waals surface area (Å²) in [6.45, 7) is 1.21. The van der Waals surface area contributed by atoms with Crippen molar-refractivity contribution in [1.82, 2.24) is 4.57 Å². The second kappa shape index (κ2) is 12.5. The third kappa shape index (κ3) is 6.20. The molecular weight excluding hydrogens is 613 g/mol. The Hall–Kier alpha value is -3.57. The molecule has 0 saturated heterocycles. The van der Waals surface area contributed by atoms with E-state index in [0.29, 0.717) is 23.4 Å². The summed E-state index contributed by atoms with van der Waals surface area (Å²) in [5.74, 6) is 0.938. The highest BCUT2D eigenvalue weighted by molar-refractivity contribution is 6.40. The molecule has 0 amide bonds. The number of halogens is 3. The molecule has 206 valence electrons. The van der Waals surface area contributed by atoms with Crippen LogP contribution in [-0.4, -0.2) is 18.7 Å². The lowest BCUT2D eigenvalue weighted by atomic mass is 10.1. The molecule has 0 radical (unpaired) electrons. The van der Waals surface area contributed by atoms with E-state index < -0.39 is 0 Å². The van der Waals surface area contributed by atoms with Crippen molar-refractivity contribution in [3.63, 3.8) is 0 Å². The molecule has 0 N–H and O–H groups in total. The Morgan fingerprint density at radius 1 is 0.683 bits per heavy atom. The van der Waals surface area contributed by atoms with Crippen molar-refractivity contribution >= 4 is 62.6 Å². The average molecular weight is 643 g/mol. The van der Waals surface area contributed by atoms with Crippen molar-refractivity contribution in [3.05, 3.63) is 142 Å². The zero-order valence-corrected chi connectivity index (χ0v) is 26.0. The minimum Gasteiger partial charge on any atom is -1.00 e. The van der Waals surface area contributed by atoms with Gasteiger partial charge in [-0.1, -0.05) is 84.9 Å². The maximum absolute atomic E-state index is 6.96. The van der Waals surface area contributed by atoms with E-state index in [1.807, 2.05) is 14.1 Å². The van der Waals surface area contributed by atoms with Gasteiger partial charge in [0.2, 0.25) is 0 Å². The molecule has 0 unspecified atom stereocenters. The van der Waals surface area contributed by atoms with Crippen molar-refractivity contribution in [2.24, 2.45) is 0 Å². The van der Waals surface area contributed by atoms with Gasteiger partial charge in [-0.15, -0.1) is 0 Å². The average Bonchev–Trinajstić information content (AvgIpc) is 3.19. The molecule has 6 rings (SSSR count). The molecule has 0 aliphatic heterocycles. The quantitative estimate of drug-likeness (QED) is 0.203. The van der Waals surface area contributed by atoms with Gasteiger partial charge in [-0.3, -0.25) is 0 Å². The number of anilines is 1. The minimum absolute atomic E-state index is 0. The van der Waals surface area contributed by atoms with Gasteiger partial charge in [0.05, 0.1) is 0 Å². The van der Waals surface area contributed by atoms with Gasteiger partial charge in [-0.05, 0) is 91.8 Å². The summed E-state index contributed by atoms with van der Waals surface area (Å²) < 4.78 is 4.19. The molecule has 0 atom stereocenters. The molecule has 41 heavy (non-hydrogen) atoms. The SMILES string of the molecule is CN(C)c1ccc(/C=C/c2n(Cc3ccc4ccccc4c3)c(Cl)c(Cl)[n+]2Cc2ccc3ccccc3c2)cc1.[Br-]. The Kier molecular flexibility index (Phi) is 8.84. The molecular formula is C35H30BrCl2N3. The fourth-order valence-corrected chi connectivity index (χ4v) is 5.64. The highest BCUT2D eigenvalue weighted by Gasteiger charge is 2.27. The van der Waals surface area contributed by atoms with Crippen LogP contribution in [0.5, 0.6) is 0 Å². The number of nitrogens with zero attached hydrogens (tertiary/aromatic N) is 3. The Morgan fingerprint density at radius 2 is 1.24 bits per heavy atom. The molecule has 6 aromatic rings. The van der Waals surface area contributed by atoms with Gasteiger partial charge >= 0.3 is 0 Å². The molecule has 1 aromatic heterocycles. The van der Waals surface area contributed by atoms with Gasteiger partial charge in [0.25, 0.3) is 16.1 Å². The van der Waals surface area contributed by atoms with Gasteiger partial charge < -0.3 is 21.9 Å². The Labute approximate surface area is 261 Å². The van der Waals surface area contributed by atoms with E-state index in [4.69, 9.17) is 23.2 Å². The van der Waals surface area contributed by atoms with Crippen LogP contribution in [-0.2, 0) is 13.1 Å². The minimum atomic E-state index is 0. The van der Waals surface area contributed by atoms with Gasteiger partial charge in [0.15, 0.2) is 0 Å². The maximum Gasteiger partial charge on any atom is 0.284 e. The van der Waals surface area contributed by atoms with Crippen LogP contribution < -0.4 is 26.4 Å². The summed E-state index contributed by atoms with van der Waals surface area (Å²) in [7, 11) is 4.09. The number of aromatic nitrogens is 2. The number of benzene rings is 5. The number of imidazole rings is 1. The van der Waals surface area contributed by atoms with Crippen LogP contribution in [0.1, 0.15) is 22.5 Å². The summed E-state index contributed by atoms with van der Waals surface area (Å²) in [6, 6.07) is 38.4. The predicted molar refractivity (Wildman–Crippen MR) is 170 cm³/mol. The zero-order valence-electron chi connectivity index (χ0n) is 22.9. The third-order valence-electron chi connectivity index (χ3n) is 7.34. The Morgan fingerprint density at radius 3 is 1.85 bits per heavy atom. The lowest BCUT2D eigenvalue weighted by Crippen LogP contribution is -3.00. The molecule has 1 heterocycles. The number of hydrogen-bond acceptors (Lipinski definition) is 1. The first-order valence-electron chi connectivity index (χ1n) is 13.3. The van der Waals surface area contributed by atoms with Crippen LogP contribution in [0.2, 0.25) is 10.3 Å². The number of fused-ring (bicyclic) bond motifs is 2. The first kappa shape index (κ1) is 28.9. The monoisotopic (exact) mass is 641 g/mol. The first-order chi connectivity index (χ1) is 19.5. The topological polar surface area (TPSA) is 12.1 Å². The molecule has 5 aromatic carbocycles. The van der Waals surface area contributed by atoms with E-state index in [-0.39, 0.29) is 17.0 Å². The van der Waals surface area contributed by atoms with Crippen molar-refractivity contribution in [1.29, 1.82) is 0 Å². The molecule has 0 fully saturated rings. The van der Waals surface area contributed by atoms with E-state index in [2.05, 4.69) is 135 Å². The van der Waals surface area contributed by atoms with Crippen molar-refractivity contribution in [3.8, 4) is 0 Å². The predicted octanol–water partition coefficient (Wildman–Crippen LogP) is 5.73. The van der Waals surface area contributed by atoms with E-state index >= 15 is 0 Å². The molecule has 0 aliphatic carbocycles. The summed E-state index contributed by atoms with van der Waals surface area (Å²) in [5.41, 5.74) is 4.59. The smallest absolute Gasteiger partial charge is 0.284 e. The Bertz CT molecular complexity index is 1750. The highest BCUT2D eigenvalue weighted by atomic mass is 79.9. The number of hydrogen-bond donors (Lipinski definition) is 0. The molecule has 0 bridgehead atoms. The zero-order chi connectivity index (χ0) is 27.6. The number of rotatable bonds is 7. The summed E-state index contributed by atoms with van der Waals surface area (Å²) in [6.07, 6.45) is 4.24. The van der Waals surface area contributed by atoms with Gasteiger partial charge in [0, 0.05) is 25.9 Å². The van der Waals surface area contributed by atoms with Crippen LogP contribution in [0.4, 0.5) is 5.69 Å². The van der Waals surface area contributed by atoms with Crippen molar-refractivity contribution < 1.29 is 21.5 Å². The van der Waals surface area contributed by atoms with Gasteiger partial charge in [0.1, 0.15) is 13.1 Å². The van der Waals surface area contributed by atoms with Gasteiger partial charge in [-0.2, -0.15) is 0 Å². The molecule has 3 nitrogen and oxygen atoms in total. The maximum atomic E-state index is 6.96. The third-order valence-corrected chi connectivity index (χ3v) is 8.20. The van der Waals surface area contributed by atoms with Crippen LogP contribution >= 0.6 is 23.2 Å². The van der Waals surface area contributed by atoms with E-state index in [9.17, 15) is 0 Å². The van der Waals surface area contributed by atoms with Crippen molar-refractivity contribution in [2.75, 3.05) is 19.0 Å². The summed E-state index contributed by atoms with van der Waals surface area (Å²) >= 11 is 13.9. The standard InChI is InChI=1S/C35H30Cl2N3.BrH/c1-38(2)32-18-13-25(14-19-32)15-20-33-39(23-26-11-16-28-7-3-5-9-30(28)21-26)34(36)35(37)40(33)24-27-12-17-29-8-4-6-10-31(29)22-27;/h3-22H,23-24H2,1-2H3;1H/q+1;/p-1. The van der Waals surface area contributed by atoms with Crippen LogP contribution in [0, 0.1) is 0 Å².